The quantitative estimate of drug-likeness (QED) is 0.820. The maximum atomic E-state index is 11.7. The maximum Gasteiger partial charge on any atom is 0.185 e. The molecule has 0 radical (unpaired) electrons. The van der Waals surface area contributed by atoms with Gasteiger partial charge in [-0.1, -0.05) is 48.6 Å². The van der Waals surface area contributed by atoms with Crippen LogP contribution in [0.5, 0.6) is 5.75 Å². The molecular formula is C16H14O2. The van der Waals surface area contributed by atoms with Gasteiger partial charge in [0, 0.05) is 5.56 Å². The lowest BCUT2D eigenvalue weighted by atomic mass is 10.1. The SMILES string of the molecule is COc1ccc(/C=C/c2cccccc2=O)cc1. The molecule has 0 aliphatic heterocycles. The summed E-state index contributed by atoms with van der Waals surface area (Å²) in [5.41, 5.74) is 1.72. The highest BCUT2D eigenvalue weighted by atomic mass is 16.5. The van der Waals surface area contributed by atoms with Crippen molar-refractivity contribution in [3.8, 4) is 5.75 Å². The van der Waals surface area contributed by atoms with Crippen molar-refractivity contribution in [2.24, 2.45) is 0 Å². The largest absolute Gasteiger partial charge is 0.497 e. The van der Waals surface area contributed by atoms with Crippen molar-refractivity contribution in [3.05, 3.63) is 75.9 Å². The molecule has 0 aromatic heterocycles. The third-order valence-electron chi connectivity index (χ3n) is 2.60. The third-order valence-corrected chi connectivity index (χ3v) is 2.60. The Kier molecular flexibility index (Phi) is 3.92. The highest BCUT2D eigenvalue weighted by Crippen LogP contribution is 2.13. The van der Waals surface area contributed by atoms with Crippen LogP contribution in [0.4, 0.5) is 0 Å². The highest BCUT2D eigenvalue weighted by molar-refractivity contribution is 5.69. The zero-order valence-electron chi connectivity index (χ0n) is 10.2. The summed E-state index contributed by atoms with van der Waals surface area (Å²) in [5.74, 6) is 0.822. The molecule has 2 nitrogen and oxygen atoms in total. The molecule has 0 heterocycles. The Hall–Kier alpha value is -2.35. The lowest BCUT2D eigenvalue weighted by molar-refractivity contribution is 0.415. The highest BCUT2D eigenvalue weighted by Gasteiger charge is 1.92. The minimum absolute atomic E-state index is 0.0183. The average Bonchev–Trinajstić information content (AvgIpc) is 2.62. The van der Waals surface area contributed by atoms with Crippen molar-refractivity contribution in [1.29, 1.82) is 0 Å². The summed E-state index contributed by atoms with van der Waals surface area (Å²) < 4.78 is 5.09. The number of benzene rings is 1. The summed E-state index contributed by atoms with van der Waals surface area (Å²) >= 11 is 0. The maximum absolute atomic E-state index is 11.7. The Bertz CT molecular complexity index is 598. The molecule has 2 aromatic carbocycles. The molecule has 0 bridgehead atoms. The molecule has 90 valence electrons. The van der Waals surface area contributed by atoms with Gasteiger partial charge in [0.25, 0.3) is 0 Å². The summed E-state index contributed by atoms with van der Waals surface area (Å²) in [7, 11) is 1.64. The first-order chi connectivity index (χ1) is 8.79. The van der Waals surface area contributed by atoms with Gasteiger partial charge in [0.2, 0.25) is 0 Å². The van der Waals surface area contributed by atoms with E-state index in [1.807, 2.05) is 54.6 Å². The number of hydrogen-bond donors (Lipinski definition) is 0. The molecule has 0 aliphatic carbocycles. The van der Waals surface area contributed by atoms with Crippen LogP contribution in [0.3, 0.4) is 0 Å². The number of hydrogen-bond acceptors (Lipinski definition) is 2. The van der Waals surface area contributed by atoms with Crippen LogP contribution in [0.25, 0.3) is 12.2 Å². The van der Waals surface area contributed by atoms with Crippen LogP contribution in [-0.2, 0) is 0 Å². The second kappa shape index (κ2) is 5.82. The molecule has 2 aromatic rings. The molecule has 0 fully saturated rings. The lowest BCUT2D eigenvalue weighted by Crippen LogP contribution is -1.97. The summed E-state index contributed by atoms with van der Waals surface area (Å²) in [6.07, 6.45) is 3.74. The fourth-order valence-corrected chi connectivity index (χ4v) is 1.58. The molecule has 0 spiro atoms. The first-order valence-corrected chi connectivity index (χ1v) is 5.71. The van der Waals surface area contributed by atoms with Gasteiger partial charge in [-0.25, -0.2) is 0 Å². The van der Waals surface area contributed by atoms with Gasteiger partial charge in [-0.2, -0.15) is 0 Å². The van der Waals surface area contributed by atoms with Crippen molar-refractivity contribution >= 4 is 12.2 Å². The molecule has 0 amide bonds. The van der Waals surface area contributed by atoms with Crippen molar-refractivity contribution in [2.75, 3.05) is 7.11 Å². The predicted molar refractivity (Wildman–Crippen MR) is 74.6 cm³/mol. The zero-order chi connectivity index (χ0) is 12.8. The minimum atomic E-state index is 0.0183. The normalized spacial score (nSPS) is 10.5. The molecule has 0 saturated carbocycles. The predicted octanol–water partition coefficient (Wildman–Crippen LogP) is 3.23. The zero-order valence-corrected chi connectivity index (χ0v) is 10.2. The Morgan fingerprint density at radius 1 is 0.889 bits per heavy atom. The third kappa shape index (κ3) is 3.08. The van der Waals surface area contributed by atoms with E-state index in [4.69, 9.17) is 4.74 Å². The van der Waals surface area contributed by atoms with Gasteiger partial charge >= 0.3 is 0 Å². The fourth-order valence-electron chi connectivity index (χ4n) is 1.58. The van der Waals surface area contributed by atoms with E-state index in [-0.39, 0.29) is 5.43 Å². The second-order valence-electron chi connectivity index (χ2n) is 3.84. The fraction of sp³-hybridized carbons (Fsp3) is 0.0625. The Balaban J connectivity index is 2.25. The molecule has 2 rings (SSSR count). The van der Waals surface area contributed by atoms with E-state index in [9.17, 15) is 4.79 Å². The summed E-state index contributed by atoms with van der Waals surface area (Å²) in [5, 5.41) is 0. The molecule has 2 heteroatoms. The topological polar surface area (TPSA) is 26.3 Å². The van der Waals surface area contributed by atoms with Crippen molar-refractivity contribution in [3.63, 3.8) is 0 Å². The van der Waals surface area contributed by atoms with Gasteiger partial charge in [-0.3, -0.25) is 4.79 Å². The number of rotatable bonds is 3. The van der Waals surface area contributed by atoms with Crippen LogP contribution in [0.15, 0.2) is 59.4 Å². The molecule has 0 saturated heterocycles. The Morgan fingerprint density at radius 3 is 2.33 bits per heavy atom. The van der Waals surface area contributed by atoms with Crippen LogP contribution in [0.2, 0.25) is 0 Å². The van der Waals surface area contributed by atoms with Crippen LogP contribution in [0, 0.1) is 0 Å². The molecule has 0 atom stereocenters. The van der Waals surface area contributed by atoms with Crippen molar-refractivity contribution in [1.82, 2.24) is 0 Å². The van der Waals surface area contributed by atoms with Gasteiger partial charge in [-0.05, 0) is 23.8 Å². The Labute approximate surface area is 106 Å². The van der Waals surface area contributed by atoms with Gasteiger partial charge in [0.1, 0.15) is 5.75 Å². The lowest BCUT2D eigenvalue weighted by Gasteiger charge is -1.98. The Morgan fingerprint density at radius 2 is 1.61 bits per heavy atom. The molecule has 18 heavy (non-hydrogen) atoms. The van der Waals surface area contributed by atoms with E-state index in [1.165, 1.54) is 0 Å². The molecular weight excluding hydrogens is 224 g/mol. The van der Waals surface area contributed by atoms with Gasteiger partial charge < -0.3 is 4.74 Å². The van der Waals surface area contributed by atoms with Crippen LogP contribution >= 0.6 is 0 Å². The van der Waals surface area contributed by atoms with E-state index in [0.717, 1.165) is 11.3 Å². The van der Waals surface area contributed by atoms with E-state index >= 15 is 0 Å². The monoisotopic (exact) mass is 238 g/mol. The first-order valence-electron chi connectivity index (χ1n) is 5.71. The van der Waals surface area contributed by atoms with Crippen LogP contribution in [0.1, 0.15) is 11.1 Å². The molecule has 0 unspecified atom stereocenters. The number of methoxy groups -OCH3 is 1. The van der Waals surface area contributed by atoms with Crippen LogP contribution < -0.4 is 10.2 Å². The van der Waals surface area contributed by atoms with Gasteiger partial charge in [-0.15, -0.1) is 0 Å². The first kappa shape index (κ1) is 12.1. The molecule has 0 aliphatic rings. The standard InChI is InChI=1S/C16H14O2/c1-18-15-11-8-13(9-12-15)7-10-14-5-3-2-4-6-16(14)17/h2-12H,1H3/b10-7+. The smallest absolute Gasteiger partial charge is 0.185 e. The van der Waals surface area contributed by atoms with Crippen LogP contribution in [-0.4, -0.2) is 7.11 Å². The average molecular weight is 238 g/mol. The summed E-state index contributed by atoms with van der Waals surface area (Å²) in [4.78, 5) is 11.7. The van der Waals surface area contributed by atoms with Crippen molar-refractivity contribution < 1.29 is 4.74 Å². The summed E-state index contributed by atoms with van der Waals surface area (Å²) in [6.45, 7) is 0. The van der Waals surface area contributed by atoms with Crippen molar-refractivity contribution in [2.45, 2.75) is 0 Å². The van der Waals surface area contributed by atoms with E-state index in [0.29, 0.717) is 5.56 Å². The summed E-state index contributed by atoms with van der Waals surface area (Å²) in [6, 6.07) is 16.5. The minimum Gasteiger partial charge on any atom is -0.497 e. The van der Waals surface area contributed by atoms with E-state index in [2.05, 4.69) is 0 Å². The van der Waals surface area contributed by atoms with Gasteiger partial charge in [0.05, 0.1) is 7.11 Å². The van der Waals surface area contributed by atoms with E-state index in [1.54, 1.807) is 19.2 Å². The second-order valence-corrected chi connectivity index (χ2v) is 3.84. The van der Waals surface area contributed by atoms with Gasteiger partial charge in [0.15, 0.2) is 5.43 Å². The number of ether oxygens (including phenoxy) is 1. The molecule has 0 N–H and O–H groups in total. The van der Waals surface area contributed by atoms with E-state index < -0.39 is 0 Å².